The van der Waals surface area contributed by atoms with Crippen molar-refractivity contribution < 1.29 is 18.6 Å². The lowest BCUT2D eigenvalue weighted by molar-refractivity contribution is 0.0785. The Morgan fingerprint density at radius 3 is 2.46 bits per heavy atom. The van der Waals surface area contributed by atoms with Crippen LogP contribution >= 0.6 is 0 Å². The van der Waals surface area contributed by atoms with Crippen molar-refractivity contribution in [2.24, 2.45) is 0 Å². The highest BCUT2D eigenvalue weighted by atomic mass is 32.2. The monoisotopic (exact) mass is 495 g/mol. The second kappa shape index (κ2) is 8.34. The lowest BCUT2D eigenvalue weighted by Crippen LogP contribution is -2.29. The van der Waals surface area contributed by atoms with E-state index in [1.165, 1.54) is 7.05 Å². The summed E-state index contributed by atoms with van der Waals surface area (Å²) in [6.45, 7) is 3.93. The zero-order valence-electron chi connectivity index (χ0n) is 20.0. The van der Waals surface area contributed by atoms with E-state index in [4.69, 9.17) is 0 Å². The highest BCUT2D eigenvalue weighted by molar-refractivity contribution is 7.89. The first kappa shape index (κ1) is 23.8. The van der Waals surface area contributed by atoms with Gasteiger partial charge in [-0.2, -0.15) is 4.31 Å². The molecule has 2 N–H and O–H groups in total. The minimum absolute atomic E-state index is 0.0131. The number of likely N-dealkylation sites (N-methyl/N-ethyl adjacent to an activating group) is 1. The van der Waals surface area contributed by atoms with Crippen LogP contribution in [0.2, 0.25) is 0 Å². The fraction of sp³-hybridized carbons (Fsp3) is 0.400. The third-order valence-corrected chi connectivity index (χ3v) is 8.76. The number of benzene rings is 1. The SMILES string of the molecule is CN(CCO)S(=O)(=O)c1ccc2c(c1)N(c1ncc(-c3cc(C(C)(C)O)ccn3)cn1)CC21CC1. The Kier molecular flexibility index (Phi) is 5.67. The Balaban J connectivity index is 1.49. The van der Waals surface area contributed by atoms with Gasteiger partial charge in [0.05, 0.1) is 22.8 Å². The lowest BCUT2D eigenvalue weighted by atomic mass is 9.98. The zero-order valence-corrected chi connectivity index (χ0v) is 20.8. The summed E-state index contributed by atoms with van der Waals surface area (Å²) in [4.78, 5) is 15.8. The van der Waals surface area contributed by atoms with Crippen molar-refractivity contribution in [1.82, 2.24) is 19.3 Å². The molecule has 1 aliphatic carbocycles. The molecule has 35 heavy (non-hydrogen) atoms. The molecule has 0 radical (unpaired) electrons. The van der Waals surface area contributed by atoms with E-state index in [0.29, 0.717) is 18.2 Å². The van der Waals surface area contributed by atoms with Gasteiger partial charge in [-0.3, -0.25) is 4.98 Å². The van der Waals surface area contributed by atoms with Crippen LogP contribution in [0.5, 0.6) is 0 Å². The number of aliphatic hydroxyl groups is 2. The molecular formula is C25H29N5O4S. The maximum Gasteiger partial charge on any atom is 0.242 e. The van der Waals surface area contributed by atoms with E-state index in [9.17, 15) is 18.6 Å². The van der Waals surface area contributed by atoms with Crippen molar-refractivity contribution in [3.05, 3.63) is 60.0 Å². The van der Waals surface area contributed by atoms with Gasteiger partial charge in [-0.15, -0.1) is 0 Å². The quantitative estimate of drug-likeness (QED) is 0.513. The van der Waals surface area contributed by atoms with E-state index < -0.39 is 15.6 Å². The summed E-state index contributed by atoms with van der Waals surface area (Å²) in [5, 5.41) is 19.5. The summed E-state index contributed by atoms with van der Waals surface area (Å²) in [5.41, 5.74) is 3.08. The summed E-state index contributed by atoms with van der Waals surface area (Å²) in [7, 11) is -2.27. The topological polar surface area (TPSA) is 120 Å². The second-order valence-electron chi connectivity index (χ2n) is 9.86. The molecule has 0 saturated heterocycles. The molecule has 0 amide bonds. The van der Waals surface area contributed by atoms with Gasteiger partial charge in [-0.05, 0) is 62.1 Å². The molecule has 0 bridgehead atoms. The third kappa shape index (κ3) is 4.20. The minimum Gasteiger partial charge on any atom is -0.395 e. The molecule has 1 aromatic carbocycles. The molecule has 9 nitrogen and oxygen atoms in total. The number of pyridine rings is 1. The molecule has 1 saturated carbocycles. The highest BCUT2D eigenvalue weighted by Crippen LogP contribution is 2.58. The maximum absolute atomic E-state index is 13.0. The van der Waals surface area contributed by atoms with Crippen molar-refractivity contribution in [3.63, 3.8) is 0 Å². The van der Waals surface area contributed by atoms with E-state index >= 15 is 0 Å². The molecule has 3 heterocycles. The third-order valence-electron chi connectivity index (χ3n) is 6.91. The molecule has 3 aromatic rings. The van der Waals surface area contributed by atoms with Crippen molar-refractivity contribution in [2.75, 3.05) is 31.6 Å². The molecule has 2 aromatic heterocycles. The first-order valence-corrected chi connectivity index (χ1v) is 13.0. The van der Waals surface area contributed by atoms with Gasteiger partial charge in [0.25, 0.3) is 0 Å². The van der Waals surface area contributed by atoms with Gasteiger partial charge in [0.2, 0.25) is 16.0 Å². The van der Waals surface area contributed by atoms with Crippen molar-refractivity contribution in [3.8, 4) is 11.3 Å². The smallest absolute Gasteiger partial charge is 0.242 e. The Labute approximate surface area is 205 Å². The molecule has 5 rings (SSSR count). The van der Waals surface area contributed by atoms with Crippen LogP contribution in [0.25, 0.3) is 11.3 Å². The Morgan fingerprint density at radius 2 is 1.83 bits per heavy atom. The van der Waals surface area contributed by atoms with Crippen LogP contribution in [0.4, 0.5) is 11.6 Å². The van der Waals surface area contributed by atoms with Crippen LogP contribution in [0.3, 0.4) is 0 Å². The van der Waals surface area contributed by atoms with Crippen molar-refractivity contribution in [2.45, 2.75) is 42.6 Å². The largest absolute Gasteiger partial charge is 0.395 e. The van der Waals surface area contributed by atoms with Gasteiger partial charge in [0.1, 0.15) is 0 Å². The van der Waals surface area contributed by atoms with E-state index in [0.717, 1.165) is 39.5 Å². The first-order chi connectivity index (χ1) is 16.5. The summed E-state index contributed by atoms with van der Waals surface area (Å²) < 4.78 is 27.1. The molecule has 0 atom stereocenters. The molecule has 1 aliphatic heterocycles. The molecule has 10 heteroatoms. The van der Waals surface area contributed by atoms with Gasteiger partial charge in [0, 0.05) is 55.4 Å². The number of hydrogen-bond donors (Lipinski definition) is 2. The lowest BCUT2D eigenvalue weighted by Gasteiger charge is -2.20. The van der Waals surface area contributed by atoms with Crippen LogP contribution in [0.15, 0.2) is 53.8 Å². The summed E-state index contributed by atoms with van der Waals surface area (Å²) in [6.07, 6.45) is 7.13. The average Bonchev–Trinajstić information content (AvgIpc) is 3.55. The number of sulfonamides is 1. The van der Waals surface area contributed by atoms with Gasteiger partial charge < -0.3 is 15.1 Å². The zero-order chi connectivity index (χ0) is 25.0. The maximum atomic E-state index is 13.0. The van der Waals surface area contributed by atoms with Crippen molar-refractivity contribution in [1.29, 1.82) is 0 Å². The molecular weight excluding hydrogens is 466 g/mol. The highest BCUT2D eigenvalue weighted by Gasteiger charge is 2.52. The number of anilines is 2. The number of aromatic nitrogens is 3. The number of hydrogen-bond acceptors (Lipinski definition) is 8. The van der Waals surface area contributed by atoms with Crippen molar-refractivity contribution >= 4 is 21.7 Å². The second-order valence-corrected chi connectivity index (χ2v) is 11.9. The fourth-order valence-electron chi connectivity index (χ4n) is 4.58. The first-order valence-electron chi connectivity index (χ1n) is 11.6. The van der Waals surface area contributed by atoms with E-state index in [2.05, 4.69) is 15.0 Å². The fourth-order valence-corrected chi connectivity index (χ4v) is 5.76. The standard InChI is InChI=1S/C25H29N5O4S/c1-24(2,32)18-6-9-26-21(12-18)17-14-27-23(28-15-17)30-16-25(7-8-25)20-5-4-19(13-22(20)30)35(33,34)29(3)10-11-31/h4-6,9,12-15,31-32H,7-8,10-11,16H2,1-3H3. The van der Waals surface area contributed by atoms with Gasteiger partial charge >= 0.3 is 0 Å². The van der Waals surface area contributed by atoms with E-state index in [1.807, 2.05) is 17.0 Å². The molecule has 184 valence electrons. The Morgan fingerprint density at radius 1 is 1.11 bits per heavy atom. The summed E-state index contributed by atoms with van der Waals surface area (Å²) in [5.74, 6) is 0.496. The van der Waals surface area contributed by atoms with Crippen LogP contribution < -0.4 is 4.90 Å². The van der Waals surface area contributed by atoms with Crippen LogP contribution in [-0.4, -0.2) is 64.6 Å². The van der Waals surface area contributed by atoms with Gasteiger partial charge in [0.15, 0.2) is 0 Å². The predicted octanol–water partition coefficient (Wildman–Crippen LogP) is 2.56. The molecule has 1 fully saturated rings. The Bertz CT molecular complexity index is 1370. The molecule has 1 spiro atoms. The van der Waals surface area contributed by atoms with Crippen LogP contribution in [-0.2, 0) is 21.0 Å². The van der Waals surface area contributed by atoms with Crippen LogP contribution in [0.1, 0.15) is 37.8 Å². The Hall–Kier alpha value is -2.92. The number of aliphatic hydroxyl groups excluding tert-OH is 1. The van der Waals surface area contributed by atoms with E-state index in [-0.39, 0.29) is 23.5 Å². The number of rotatable bonds is 7. The van der Waals surface area contributed by atoms with E-state index in [1.54, 1.807) is 50.6 Å². The van der Waals surface area contributed by atoms with Gasteiger partial charge in [-0.1, -0.05) is 6.07 Å². The van der Waals surface area contributed by atoms with Gasteiger partial charge in [-0.25, -0.2) is 18.4 Å². The van der Waals surface area contributed by atoms with Crippen LogP contribution in [0, 0.1) is 0 Å². The summed E-state index contributed by atoms with van der Waals surface area (Å²) >= 11 is 0. The molecule has 2 aliphatic rings. The normalized spacial score (nSPS) is 16.7. The summed E-state index contributed by atoms with van der Waals surface area (Å²) in [6, 6.07) is 8.85. The number of nitrogens with zero attached hydrogens (tertiary/aromatic N) is 5. The number of fused-ring (bicyclic) bond motifs is 2. The molecule has 0 unspecified atom stereocenters. The predicted molar refractivity (Wildman–Crippen MR) is 132 cm³/mol. The minimum atomic E-state index is -3.73. The average molecular weight is 496 g/mol.